The first-order valence-electron chi connectivity index (χ1n) is 11.2. The van der Waals surface area contributed by atoms with E-state index < -0.39 is 17.2 Å². The van der Waals surface area contributed by atoms with Crippen molar-refractivity contribution in [3.05, 3.63) is 114 Å². The number of halogens is 1. The highest BCUT2D eigenvalue weighted by Crippen LogP contribution is 2.46. The summed E-state index contributed by atoms with van der Waals surface area (Å²) in [4.78, 5) is 19.2. The van der Waals surface area contributed by atoms with Crippen LogP contribution in [-0.2, 0) is 4.79 Å². The number of carbonyl (C=O) groups is 1. The molecule has 0 bridgehead atoms. The van der Waals surface area contributed by atoms with Gasteiger partial charge in [0.15, 0.2) is 0 Å². The second-order valence-corrected chi connectivity index (χ2v) is 9.50. The number of rotatable bonds is 7. The average Bonchev–Trinajstić information content (AvgIpc) is 2.89. The molecular formula is C28H23FN2O3S. The molecule has 5 rings (SSSR count). The highest BCUT2D eigenvalue weighted by molar-refractivity contribution is 8.00. The van der Waals surface area contributed by atoms with E-state index in [-0.39, 0.29) is 29.0 Å². The second-order valence-electron chi connectivity index (χ2n) is 8.32. The monoisotopic (exact) mass is 486 g/mol. The molecule has 1 aliphatic heterocycles. The number of phenolic OH excluding ortho intramolecular Hbond substituents is 1. The lowest BCUT2D eigenvalue weighted by molar-refractivity contribution is -0.123. The summed E-state index contributed by atoms with van der Waals surface area (Å²) in [6.45, 7) is 0. The highest BCUT2D eigenvalue weighted by Gasteiger charge is 2.49. The number of anilines is 1. The van der Waals surface area contributed by atoms with Crippen LogP contribution in [0.15, 0.2) is 97.3 Å². The zero-order valence-electron chi connectivity index (χ0n) is 18.7. The molecule has 1 amide bonds. The molecule has 0 unspecified atom stereocenters. The van der Waals surface area contributed by atoms with Crippen molar-refractivity contribution in [3.8, 4) is 16.9 Å². The molecule has 2 N–H and O–H groups in total. The van der Waals surface area contributed by atoms with E-state index in [1.165, 1.54) is 17.8 Å². The minimum Gasteiger partial charge on any atom is -0.508 e. The molecule has 1 aromatic heterocycles. The largest absolute Gasteiger partial charge is 0.508 e. The van der Waals surface area contributed by atoms with Crippen LogP contribution in [0, 0.1) is 5.82 Å². The predicted octanol–water partition coefficient (Wildman–Crippen LogP) is 5.52. The molecule has 3 aromatic carbocycles. The molecular weight excluding hydrogens is 463 g/mol. The first-order chi connectivity index (χ1) is 17.0. The molecule has 0 radical (unpaired) electrons. The Balaban J connectivity index is 1.38. The maximum Gasteiger partial charge on any atom is 0.243 e. The molecule has 1 saturated heterocycles. The number of phenols is 1. The van der Waals surface area contributed by atoms with Crippen LogP contribution >= 0.6 is 11.8 Å². The predicted molar refractivity (Wildman–Crippen MR) is 136 cm³/mol. The third kappa shape index (κ3) is 4.65. The molecule has 0 aliphatic carbocycles. The van der Waals surface area contributed by atoms with Crippen LogP contribution in [0.1, 0.15) is 23.3 Å². The quantitative estimate of drug-likeness (QED) is 0.337. The van der Waals surface area contributed by atoms with Crippen LogP contribution in [0.25, 0.3) is 11.1 Å². The number of hydrogen-bond acceptors (Lipinski definition) is 5. The Kier molecular flexibility index (Phi) is 6.53. The van der Waals surface area contributed by atoms with Gasteiger partial charge in [-0.05, 0) is 53.1 Å². The number of amides is 1. The zero-order chi connectivity index (χ0) is 24.4. The SMILES string of the molecule is O=C1[C@H](SC[C@@H](O)c2ccccc2F)[C@@H](c2ccc(O)cc2)N1c1ccc(-c2cccnc2)cc1. The molecule has 2 heterocycles. The summed E-state index contributed by atoms with van der Waals surface area (Å²) in [6.07, 6.45) is 2.48. The minimum absolute atomic E-state index is 0.0806. The number of β-lactam (4-membered cyclic amide) rings is 1. The molecule has 5 nitrogen and oxygen atoms in total. The van der Waals surface area contributed by atoms with Crippen LogP contribution in [0.5, 0.6) is 5.75 Å². The third-order valence-electron chi connectivity index (χ3n) is 6.12. The van der Waals surface area contributed by atoms with E-state index in [0.717, 1.165) is 22.4 Å². The van der Waals surface area contributed by atoms with Crippen molar-refractivity contribution in [2.45, 2.75) is 17.4 Å². The topological polar surface area (TPSA) is 73.7 Å². The first-order valence-corrected chi connectivity index (χ1v) is 12.2. The number of benzene rings is 3. The van der Waals surface area contributed by atoms with Gasteiger partial charge in [-0.2, -0.15) is 0 Å². The summed E-state index contributed by atoms with van der Waals surface area (Å²) in [6, 6.07) is 24.2. The van der Waals surface area contributed by atoms with Gasteiger partial charge in [0.05, 0.1) is 12.1 Å². The number of aromatic nitrogens is 1. The maximum atomic E-state index is 14.1. The van der Waals surface area contributed by atoms with Gasteiger partial charge in [0, 0.05) is 29.4 Å². The van der Waals surface area contributed by atoms with E-state index in [1.807, 2.05) is 36.4 Å². The van der Waals surface area contributed by atoms with Crippen LogP contribution in [0.3, 0.4) is 0 Å². The smallest absolute Gasteiger partial charge is 0.243 e. The van der Waals surface area contributed by atoms with E-state index >= 15 is 0 Å². The molecule has 0 spiro atoms. The van der Waals surface area contributed by atoms with Crippen LogP contribution in [-0.4, -0.2) is 32.1 Å². The molecule has 1 aliphatic rings. The Bertz CT molecular complexity index is 1320. The molecule has 0 saturated carbocycles. The molecule has 176 valence electrons. The number of pyridine rings is 1. The van der Waals surface area contributed by atoms with E-state index in [4.69, 9.17) is 0 Å². The number of nitrogens with zero attached hydrogens (tertiary/aromatic N) is 2. The third-order valence-corrected chi connectivity index (χ3v) is 7.45. The average molecular weight is 487 g/mol. The van der Waals surface area contributed by atoms with E-state index in [2.05, 4.69) is 4.98 Å². The molecule has 7 heteroatoms. The number of aliphatic hydroxyl groups excluding tert-OH is 1. The zero-order valence-corrected chi connectivity index (χ0v) is 19.5. The van der Waals surface area contributed by atoms with E-state index in [1.54, 1.807) is 59.8 Å². The van der Waals surface area contributed by atoms with Gasteiger partial charge in [0.2, 0.25) is 5.91 Å². The number of aromatic hydroxyl groups is 1. The maximum absolute atomic E-state index is 14.1. The number of aliphatic hydroxyl groups is 1. The molecule has 1 fully saturated rings. The normalized spacial score (nSPS) is 18.2. The summed E-state index contributed by atoms with van der Waals surface area (Å²) in [5.41, 5.74) is 3.83. The van der Waals surface area contributed by atoms with Crippen molar-refractivity contribution in [1.82, 2.24) is 4.98 Å². The Labute approximate surface area is 206 Å². The lowest BCUT2D eigenvalue weighted by Crippen LogP contribution is -2.57. The van der Waals surface area contributed by atoms with Crippen LogP contribution < -0.4 is 4.90 Å². The fraction of sp³-hybridized carbons (Fsp3) is 0.143. The van der Waals surface area contributed by atoms with Crippen molar-refractivity contribution >= 4 is 23.4 Å². The van der Waals surface area contributed by atoms with Crippen LogP contribution in [0.4, 0.5) is 10.1 Å². The Morgan fingerprint density at radius 3 is 2.37 bits per heavy atom. The molecule has 35 heavy (non-hydrogen) atoms. The van der Waals surface area contributed by atoms with Crippen molar-refractivity contribution < 1.29 is 19.4 Å². The van der Waals surface area contributed by atoms with Crippen molar-refractivity contribution in [2.24, 2.45) is 0 Å². The second kappa shape index (κ2) is 9.90. The summed E-state index contributed by atoms with van der Waals surface area (Å²) < 4.78 is 14.1. The number of thioether (sulfide) groups is 1. The van der Waals surface area contributed by atoms with E-state index in [9.17, 15) is 19.4 Å². The fourth-order valence-corrected chi connectivity index (χ4v) is 5.57. The Morgan fingerprint density at radius 2 is 1.69 bits per heavy atom. The van der Waals surface area contributed by atoms with Crippen molar-refractivity contribution in [1.29, 1.82) is 0 Å². The van der Waals surface area contributed by atoms with Gasteiger partial charge >= 0.3 is 0 Å². The summed E-state index contributed by atoms with van der Waals surface area (Å²) in [5, 5.41) is 19.8. The van der Waals surface area contributed by atoms with Gasteiger partial charge in [0.1, 0.15) is 16.8 Å². The summed E-state index contributed by atoms with van der Waals surface area (Å²) in [7, 11) is 0. The van der Waals surface area contributed by atoms with E-state index in [0.29, 0.717) is 0 Å². The minimum atomic E-state index is -1.03. The highest BCUT2D eigenvalue weighted by atomic mass is 32.2. The molecule has 3 atom stereocenters. The van der Waals surface area contributed by atoms with Gasteiger partial charge in [-0.25, -0.2) is 4.39 Å². The lowest BCUT2D eigenvalue weighted by atomic mass is 9.92. The number of carbonyl (C=O) groups excluding carboxylic acids is 1. The van der Waals surface area contributed by atoms with Gasteiger partial charge in [-0.3, -0.25) is 9.78 Å². The van der Waals surface area contributed by atoms with Gasteiger partial charge in [-0.1, -0.05) is 48.5 Å². The summed E-state index contributed by atoms with van der Waals surface area (Å²) in [5.74, 6) is -0.223. The van der Waals surface area contributed by atoms with Gasteiger partial charge in [0.25, 0.3) is 0 Å². The van der Waals surface area contributed by atoms with Crippen molar-refractivity contribution in [2.75, 3.05) is 10.7 Å². The fourth-order valence-electron chi connectivity index (χ4n) is 4.29. The standard InChI is InChI=1S/C28H23FN2O3S/c29-24-6-2-1-5-23(24)25(33)17-35-27-26(19-9-13-22(32)14-10-19)31(28(27)34)21-11-7-18(8-12-21)20-4-3-15-30-16-20/h1-16,25-27,32-33H,17H2/t25-,26-,27-/m1/s1. The lowest BCUT2D eigenvalue weighted by Gasteiger charge is -2.47. The Morgan fingerprint density at radius 1 is 0.943 bits per heavy atom. The number of hydrogen-bond donors (Lipinski definition) is 2. The van der Waals surface area contributed by atoms with Gasteiger partial charge < -0.3 is 15.1 Å². The van der Waals surface area contributed by atoms with Gasteiger partial charge in [-0.15, -0.1) is 11.8 Å². The molecule has 4 aromatic rings. The first kappa shape index (κ1) is 23.1. The van der Waals surface area contributed by atoms with Crippen LogP contribution in [0.2, 0.25) is 0 Å². The summed E-state index contributed by atoms with van der Waals surface area (Å²) >= 11 is 1.31. The van der Waals surface area contributed by atoms with Crippen molar-refractivity contribution in [3.63, 3.8) is 0 Å². The Hall–Kier alpha value is -3.68.